The summed E-state index contributed by atoms with van der Waals surface area (Å²) in [6.45, 7) is 4.75. The summed E-state index contributed by atoms with van der Waals surface area (Å²) >= 11 is 5.85. The largest absolute Gasteiger partial charge is 0.474 e. The van der Waals surface area contributed by atoms with E-state index in [1.54, 1.807) is 23.1 Å². The van der Waals surface area contributed by atoms with Crippen molar-refractivity contribution in [3.8, 4) is 5.88 Å². The van der Waals surface area contributed by atoms with Crippen molar-refractivity contribution < 1.29 is 18.7 Å². The Kier molecular flexibility index (Phi) is 7.68. The molecule has 1 saturated heterocycles. The molecule has 0 radical (unpaired) electrons. The van der Waals surface area contributed by atoms with Gasteiger partial charge in [-0.15, -0.1) is 11.6 Å². The second-order valence-electron chi connectivity index (χ2n) is 9.14. The van der Waals surface area contributed by atoms with Crippen LogP contribution >= 0.6 is 11.6 Å². The molecule has 0 aliphatic carbocycles. The molecule has 9 heteroatoms. The van der Waals surface area contributed by atoms with Gasteiger partial charge in [-0.3, -0.25) is 9.59 Å². The molecule has 2 aromatic rings. The fourth-order valence-corrected chi connectivity index (χ4v) is 4.63. The monoisotopic (exact) mass is 488 g/mol. The number of likely N-dealkylation sites (tertiary alicyclic amines) is 1. The summed E-state index contributed by atoms with van der Waals surface area (Å²) in [5.74, 6) is -0.375. The Balaban J connectivity index is 1.64. The van der Waals surface area contributed by atoms with Gasteiger partial charge in [-0.05, 0) is 81.6 Å². The first-order valence-electron chi connectivity index (χ1n) is 11.6. The van der Waals surface area contributed by atoms with E-state index in [0.29, 0.717) is 30.1 Å². The maximum absolute atomic E-state index is 13.4. The van der Waals surface area contributed by atoms with Crippen LogP contribution in [-0.4, -0.2) is 66.9 Å². The van der Waals surface area contributed by atoms with Gasteiger partial charge in [0.2, 0.25) is 11.8 Å². The highest BCUT2D eigenvalue weighted by Gasteiger charge is 2.32. The molecular formula is C25H30ClFN4O3. The smallest absolute Gasteiger partial charge is 0.270 e. The van der Waals surface area contributed by atoms with Crippen molar-refractivity contribution in [2.24, 2.45) is 5.92 Å². The molecule has 182 valence electrons. The molecule has 1 fully saturated rings. The minimum atomic E-state index is -0.329. The molecule has 1 atom stereocenters. The number of hydrogen-bond donors (Lipinski definition) is 1. The molecule has 0 bridgehead atoms. The summed E-state index contributed by atoms with van der Waals surface area (Å²) in [6.07, 6.45) is 2.43. The van der Waals surface area contributed by atoms with Crippen molar-refractivity contribution in [2.45, 2.75) is 32.2 Å². The Bertz CT molecular complexity index is 1040. The minimum absolute atomic E-state index is 0.171. The summed E-state index contributed by atoms with van der Waals surface area (Å²) < 4.78 is 19.2. The predicted octanol–water partition coefficient (Wildman–Crippen LogP) is 3.24. The second-order valence-corrected chi connectivity index (χ2v) is 9.40. The third-order valence-electron chi connectivity index (χ3n) is 6.50. The van der Waals surface area contributed by atoms with E-state index in [9.17, 15) is 14.0 Å². The van der Waals surface area contributed by atoms with Crippen molar-refractivity contribution in [1.82, 2.24) is 15.2 Å². The lowest BCUT2D eigenvalue weighted by atomic mass is 9.97. The van der Waals surface area contributed by atoms with Crippen LogP contribution in [0.2, 0.25) is 0 Å². The molecule has 0 spiro atoms. The van der Waals surface area contributed by atoms with Gasteiger partial charge in [0.25, 0.3) is 5.91 Å². The van der Waals surface area contributed by atoms with Gasteiger partial charge in [0.05, 0.1) is 6.04 Å². The Morgan fingerprint density at radius 3 is 2.62 bits per heavy atom. The number of anilines is 1. The first kappa shape index (κ1) is 24.4. The Morgan fingerprint density at radius 2 is 1.94 bits per heavy atom. The van der Waals surface area contributed by atoms with E-state index in [2.05, 4.69) is 22.2 Å². The van der Waals surface area contributed by atoms with Crippen LogP contribution in [0.5, 0.6) is 5.88 Å². The Labute approximate surface area is 204 Å². The van der Waals surface area contributed by atoms with E-state index in [-0.39, 0.29) is 47.7 Å². The van der Waals surface area contributed by atoms with Crippen LogP contribution in [-0.2, 0) is 11.2 Å². The number of hydrogen-bond acceptors (Lipinski definition) is 5. The van der Waals surface area contributed by atoms with Crippen molar-refractivity contribution >= 4 is 29.1 Å². The van der Waals surface area contributed by atoms with E-state index >= 15 is 0 Å². The first-order valence-corrected chi connectivity index (χ1v) is 12.1. The van der Waals surface area contributed by atoms with Gasteiger partial charge in [0.1, 0.15) is 29.7 Å². The topological polar surface area (TPSA) is 74.8 Å². The molecule has 2 aliphatic heterocycles. The molecule has 0 saturated carbocycles. The summed E-state index contributed by atoms with van der Waals surface area (Å²) in [7, 11) is 2.10. The van der Waals surface area contributed by atoms with Crippen molar-refractivity contribution in [1.29, 1.82) is 0 Å². The van der Waals surface area contributed by atoms with E-state index in [0.717, 1.165) is 31.5 Å². The van der Waals surface area contributed by atoms with Crippen LogP contribution in [0, 0.1) is 11.7 Å². The number of pyridine rings is 1. The zero-order chi connectivity index (χ0) is 24.2. The number of nitrogens with one attached hydrogen (secondary N) is 1. The molecule has 1 N–H and O–H groups in total. The predicted molar refractivity (Wildman–Crippen MR) is 129 cm³/mol. The van der Waals surface area contributed by atoms with Crippen LogP contribution in [0.25, 0.3) is 0 Å². The molecule has 2 amide bonds. The minimum Gasteiger partial charge on any atom is -0.474 e. The average molecular weight is 489 g/mol. The number of carbonyl (C=O) groups excluding carboxylic acids is 2. The highest BCUT2D eigenvalue weighted by molar-refractivity contribution is 6.29. The third-order valence-corrected chi connectivity index (χ3v) is 6.73. The zero-order valence-corrected chi connectivity index (χ0v) is 20.3. The number of rotatable bonds is 6. The number of alkyl halides is 1. The first-order chi connectivity index (χ1) is 16.4. The van der Waals surface area contributed by atoms with Gasteiger partial charge >= 0.3 is 0 Å². The number of amides is 2. The number of ether oxygens (including phenoxy) is 1. The van der Waals surface area contributed by atoms with Crippen LogP contribution in [0.3, 0.4) is 0 Å². The standard InChI is InChI=1S/C25H30ClFN4O3/c1-16-15-34-25-21(31(16)22(32)13-26)12-19(11-17-3-5-20(27)6-4-17)23(29-25)24(33)28-14-18-7-9-30(2)10-8-18/h3-6,12,16,18H,7-11,13-15H2,1-2H3,(H,28,33). The Hall–Kier alpha value is -2.71. The maximum Gasteiger partial charge on any atom is 0.270 e. The molecule has 1 aromatic carbocycles. The highest BCUT2D eigenvalue weighted by Crippen LogP contribution is 2.35. The molecule has 2 aliphatic rings. The third kappa shape index (κ3) is 5.50. The van der Waals surface area contributed by atoms with E-state index in [4.69, 9.17) is 16.3 Å². The molecule has 4 rings (SSSR count). The van der Waals surface area contributed by atoms with Crippen molar-refractivity contribution in [3.05, 3.63) is 53.0 Å². The van der Waals surface area contributed by atoms with Crippen LogP contribution in [0.15, 0.2) is 30.3 Å². The maximum atomic E-state index is 13.4. The molecule has 1 unspecified atom stereocenters. The number of halogens is 2. The molecule has 7 nitrogen and oxygen atoms in total. The van der Waals surface area contributed by atoms with E-state index in [1.807, 2.05) is 6.92 Å². The summed E-state index contributed by atoms with van der Waals surface area (Å²) in [5.41, 5.74) is 2.21. The van der Waals surface area contributed by atoms with Crippen LogP contribution < -0.4 is 15.0 Å². The highest BCUT2D eigenvalue weighted by atomic mass is 35.5. The Morgan fingerprint density at radius 1 is 1.24 bits per heavy atom. The van der Waals surface area contributed by atoms with Crippen LogP contribution in [0.1, 0.15) is 41.4 Å². The number of carbonyl (C=O) groups is 2. The normalized spacial score (nSPS) is 18.8. The van der Waals surface area contributed by atoms with Gasteiger partial charge < -0.3 is 19.9 Å². The number of piperidine rings is 1. The quantitative estimate of drug-likeness (QED) is 0.632. The van der Waals surface area contributed by atoms with Gasteiger partial charge in [-0.2, -0.15) is 0 Å². The van der Waals surface area contributed by atoms with Gasteiger partial charge in [-0.1, -0.05) is 12.1 Å². The van der Waals surface area contributed by atoms with Gasteiger partial charge in [0.15, 0.2) is 0 Å². The lowest BCUT2D eigenvalue weighted by Crippen LogP contribution is -2.46. The average Bonchev–Trinajstić information content (AvgIpc) is 2.84. The SMILES string of the molecule is CC1COc2nc(C(=O)NCC3CCN(C)CC3)c(Cc3ccc(F)cc3)cc2N1C(=O)CCl. The number of nitrogens with zero attached hydrogens (tertiary/aromatic N) is 3. The number of aromatic nitrogens is 1. The summed E-state index contributed by atoms with van der Waals surface area (Å²) in [4.78, 5) is 34.2. The lowest BCUT2D eigenvalue weighted by molar-refractivity contribution is -0.117. The van der Waals surface area contributed by atoms with Crippen LogP contribution in [0.4, 0.5) is 10.1 Å². The fraction of sp³-hybridized carbons (Fsp3) is 0.480. The zero-order valence-electron chi connectivity index (χ0n) is 19.5. The second kappa shape index (κ2) is 10.7. The van der Waals surface area contributed by atoms with Crippen molar-refractivity contribution in [2.75, 3.05) is 44.1 Å². The summed E-state index contributed by atoms with van der Waals surface area (Å²) in [5, 5.41) is 3.04. The molecule has 1 aromatic heterocycles. The van der Waals surface area contributed by atoms with E-state index in [1.165, 1.54) is 12.1 Å². The summed E-state index contributed by atoms with van der Waals surface area (Å²) in [6, 6.07) is 7.68. The van der Waals surface area contributed by atoms with Gasteiger partial charge in [0, 0.05) is 6.54 Å². The number of fused-ring (bicyclic) bond motifs is 1. The molecular weight excluding hydrogens is 459 g/mol. The molecule has 34 heavy (non-hydrogen) atoms. The van der Waals surface area contributed by atoms with Gasteiger partial charge in [-0.25, -0.2) is 9.37 Å². The molecule has 3 heterocycles. The number of benzene rings is 1. The fourth-order valence-electron chi connectivity index (χ4n) is 4.50. The lowest BCUT2D eigenvalue weighted by Gasteiger charge is -2.34. The van der Waals surface area contributed by atoms with Crippen molar-refractivity contribution in [3.63, 3.8) is 0 Å². The van der Waals surface area contributed by atoms with E-state index < -0.39 is 0 Å².